The van der Waals surface area contributed by atoms with Crippen molar-refractivity contribution in [1.29, 1.82) is 0 Å². The summed E-state index contributed by atoms with van der Waals surface area (Å²) in [6.07, 6.45) is 4.96. The van der Waals surface area contributed by atoms with Crippen molar-refractivity contribution in [1.82, 2.24) is 9.78 Å². The number of nitrogens with two attached hydrogens (primary N) is 1. The fraction of sp³-hybridized carbons (Fsp3) is 0.357. The van der Waals surface area contributed by atoms with E-state index < -0.39 is 0 Å². The molecule has 2 aromatic rings. The predicted molar refractivity (Wildman–Crippen MR) is 77.4 cm³/mol. The molecular weight excluding hydrogens is 290 g/mol. The summed E-state index contributed by atoms with van der Waals surface area (Å²) < 4.78 is 3.04. The SMILES string of the molecule is CCCn1cc(C(N)c2ccc(C)c(Br)c2)cn1. The largest absolute Gasteiger partial charge is 0.320 e. The van der Waals surface area contributed by atoms with Crippen LogP contribution in [0.3, 0.4) is 0 Å². The van der Waals surface area contributed by atoms with Gasteiger partial charge >= 0.3 is 0 Å². The molecule has 18 heavy (non-hydrogen) atoms. The Labute approximate surface area is 116 Å². The fourth-order valence-corrected chi connectivity index (χ4v) is 2.28. The Kier molecular flexibility index (Phi) is 4.19. The number of rotatable bonds is 4. The molecule has 0 amide bonds. The lowest BCUT2D eigenvalue weighted by atomic mass is 10.0. The van der Waals surface area contributed by atoms with Crippen molar-refractivity contribution < 1.29 is 0 Å². The molecule has 0 saturated carbocycles. The summed E-state index contributed by atoms with van der Waals surface area (Å²) in [5, 5.41) is 4.32. The van der Waals surface area contributed by atoms with Gasteiger partial charge in [0.2, 0.25) is 0 Å². The summed E-state index contributed by atoms with van der Waals surface area (Å²) in [4.78, 5) is 0. The number of nitrogens with zero attached hydrogens (tertiary/aromatic N) is 2. The molecule has 0 aliphatic heterocycles. The molecule has 4 heteroatoms. The van der Waals surface area contributed by atoms with Gasteiger partial charge in [-0.2, -0.15) is 5.10 Å². The lowest BCUT2D eigenvalue weighted by Crippen LogP contribution is -2.11. The standard InChI is InChI=1S/C14H18BrN3/c1-3-6-18-9-12(8-17-18)14(16)11-5-4-10(2)13(15)7-11/h4-5,7-9,14H,3,6,16H2,1-2H3. The third-order valence-electron chi connectivity index (χ3n) is 3.02. The van der Waals surface area contributed by atoms with Crippen LogP contribution in [0, 0.1) is 6.92 Å². The second-order valence-electron chi connectivity index (χ2n) is 4.52. The first kappa shape index (κ1) is 13.3. The van der Waals surface area contributed by atoms with Crippen molar-refractivity contribution in [2.24, 2.45) is 5.73 Å². The van der Waals surface area contributed by atoms with Crippen molar-refractivity contribution in [3.05, 3.63) is 51.8 Å². The molecule has 1 unspecified atom stereocenters. The van der Waals surface area contributed by atoms with Crippen LogP contribution in [0.25, 0.3) is 0 Å². The van der Waals surface area contributed by atoms with E-state index >= 15 is 0 Å². The zero-order valence-electron chi connectivity index (χ0n) is 10.7. The van der Waals surface area contributed by atoms with Gasteiger partial charge in [0.25, 0.3) is 0 Å². The average molecular weight is 308 g/mol. The van der Waals surface area contributed by atoms with E-state index in [0.717, 1.165) is 28.6 Å². The van der Waals surface area contributed by atoms with E-state index in [2.05, 4.69) is 53.1 Å². The highest BCUT2D eigenvalue weighted by molar-refractivity contribution is 9.10. The smallest absolute Gasteiger partial charge is 0.0583 e. The van der Waals surface area contributed by atoms with Crippen LogP contribution in [0.15, 0.2) is 35.1 Å². The maximum atomic E-state index is 6.27. The maximum Gasteiger partial charge on any atom is 0.0583 e. The molecule has 96 valence electrons. The van der Waals surface area contributed by atoms with Crippen molar-refractivity contribution in [2.45, 2.75) is 32.9 Å². The van der Waals surface area contributed by atoms with E-state index in [1.807, 2.05) is 17.1 Å². The van der Waals surface area contributed by atoms with Crippen molar-refractivity contribution in [3.8, 4) is 0 Å². The number of hydrogen-bond acceptors (Lipinski definition) is 2. The highest BCUT2D eigenvalue weighted by Gasteiger charge is 2.12. The summed E-state index contributed by atoms with van der Waals surface area (Å²) in [6.45, 7) is 5.14. The molecule has 0 bridgehead atoms. The van der Waals surface area contributed by atoms with E-state index in [0.29, 0.717) is 0 Å². The normalized spacial score (nSPS) is 12.7. The minimum Gasteiger partial charge on any atom is -0.320 e. The molecule has 2 N–H and O–H groups in total. The second kappa shape index (κ2) is 5.67. The Bertz CT molecular complexity index is 534. The maximum absolute atomic E-state index is 6.27. The zero-order valence-corrected chi connectivity index (χ0v) is 12.3. The van der Waals surface area contributed by atoms with Crippen molar-refractivity contribution in [2.75, 3.05) is 0 Å². The molecule has 0 saturated heterocycles. The molecular formula is C14H18BrN3. The van der Waals surface area contributed by atoms with Crippen LogP contribution in [0.4, 0.5) is 0 Å². The Morgan fingerprint density at radius 3 is 2.83 bits per heavy atom. The minimum absolute atomic E-state index is 0.118. The molecule has 0 aliphatic carbocycles. The number of benzene rings is 1. The number of hydrogen-bond donors (Lipinski definition) is 1. The summed E-state index contributed by atoms with van der Waals surface area (Å²) >= 11 is 3.54. The lowest BCUT2D eigenvalue weighted by molar-refractivity contribution is 0.602. The van der Waals surface area contributed by atoms with Gasteiger partial charge in [0, 0.05) is 22.8 Å². The van der Waals surface area contributed by atoms with Crippen LogP contribution in [0.5, 0.6) is 0 Å². The summed E-state index contributed by atoms with van der Waals surface area (Å²) in [5.41, 5.74) is 9.64. The molecule has 0 fully saturated rings. The number of aryl methyl sites for hydroxylation is 2. The zero-order chi connectivity index (χ0) is 13.1. The van der Waals surface area contributed by atoms with Crippen LogP contribution < -0.4 is 5.73 Å². The van der Waals surface area contributed by atoms with E-state index in [-0.39, 0.29) is 6.04 Å². The molecule has 0 aliphatic rings. The van der Waals surface area contributed by atoms with E-state index in [1.54, 1.807) is 0 Å². The van der Waals surface area contributed by atoms with Gasteiger partial charge < -0.3 is 5.73 Å². The Morgan fingerprint density at radius 1 is 1.39 bits per heavy atom. The highest BCUT2D eigenvalue weighted by atomic mass is 79.9. The van der Waals surface area contributed by atoms with Gasteiger partial charge in [0.15, 0.2) is 0 Å². The average Bonchev–Trinajstić information content (AvgIpc) is 2.81. The van der Waals surface area contributed by atoms with Crippen LogP contribution in [-0.4, -0.2) is 9.78 Å². The van der Waals surface area contributed by atoms with Crippen molar-refractivity contribution >= 4 is 15.9 Å². The molecule has 0 radical (unpaired) electrons. The third-order valence-corrected chi connectivity index (χ3v) is 3.87. The molecule has 2 rings (SSSR count). The molecule has 0 spiro atoms. The molecule has 1 atom stereocenters. The van der Waals surface area contributed by atoms with Gasteiger partial charge in [-0.1, -0.05) is 35.0 Å². The van der Waals surface area contributed by atoms with Crippen LogP contribution >= 0.6 is 15.9 Å². The number of halogens is 1. The molecule has 3 nitrogen and oxygen atoms in total. The molecule has 1 aromatic heterocycles. The topological polar surface area (TPSA) is 43.8 Å². The van der Waals surface area contributed by atoms with E-state index in [1.165, 1.54) is 5.56 Å². The fourth-order valence-electron chi connectivity index (χ4n) is 1.89. The Balaban J connectivity index is 2.23. The van der Waals surface area contributed by atoms with Crippen LogP contribution in [-0.2, 0) is 6.54 Å². The van der Waals surface area contributed by atoms with Crippen LogP contribution in [0.1, 0.15) is 36.1 Å². The second-order valence-corrected chi connectivity index (χ2v) is 5.38. The Morgan fingerprint density at radius 2 is 2.17 bits per heavy atom. The monoisotopic (exact) mass is 307 g/mol. The van der Waals surface area contributed by atoms with E-state index in [9.17, 15) is 0 Å². The summed E-state index contributed by atoms with van der Waals surface area (Å²) in [5.74, 6) is 0. The predicted octanol–water partition coefficient (Wildman–Crippen LogP) is 3.41. The van der Waals surface area contributed by atoms with Gasteiger partial charge in [0.05, 0.1) is 12.2 Å². The van der Waals surface area contributed by atoms with Gasteiger partial charge in [0.1, 0.15) is 0 Å². The Hall–Kier alpha value is -1.13. The quantitative estimate of drug-likeness (QED) is 0.940. The highest BCUT2D eigenvalue weighted by Crippen LogP contribution is 2.24. The van der Waals surface area contributed by atoms with E-state index in [4.69, 9.17) is 5.73 Å². The first-order chi connectivity index (χ1) is 8.61. The molecule has 1 aromatic carbocycles. The molecule has 1 heterocycles. The van der Waals surface area contributed by atoms with Gasteiger partial charge in [-0.3, -0.25) is 4.68 Å². The van der Waals surface area contributed by atoms with Crippen molar-refractivity contribution in [3.63, 3.8) is 0 Å². The van der Waals surface area contributed by atoms with Gasteiger partial charge in [-0.15, -0.1) is 0 Å². The minimum atomic E-state index is -0.118. The van der Waals surface area contributed by atoms with Gasteiger partial charge in [-0.25, -0.2) is 0 Å². The van der Waals surface area contributed by atoms with Crippen LogP contribution in [0.2, 0.25) is 0 Å². The lowest BCUT2D eigenvalue weighted by Gasteiger charge is -2.11. The van der Waals surface area contributed by atoms with Gasteiger partial charge in [-0.05, 0) is 30.5 Å². The number of aromatic nitrogens is 2. The summed E-state index contributed by atoms with van der Waals surface area (Å²) in [6, 6.07) is 6.11. The first-order valence-corrected chi connectivity index (χ1v) is 6.95. The first-order valence-electron chi connectivity index (χ1n) is 6.15. The summed E-state index contributed by atoms with van der Waals surface area (Å²) in [7, 11) is 0. The third kappa shape index (κ3) is 2.82.